The molecule has 1 aromatic heterocycles. The molecule has 1 amide bonds. The van der Waals surface area contributed by atoms with Crippen molar-refractivity contribution in [3.05, 3.63) is 70.3 Å². The van der Waals surface area contributed by atoms with Crippen molar-refractivity contribution in [2.45, 2.75) is 0 Å². The molecule has 0 saturated heterocycles. The molecule has 29 heavy (non-hydrogen) atoms. The van der Waals surface area contributed by atoms with Crippen LogP contribution in [0.5, 0.6) is 17.4 Å². The van der Waals surface area contributed by atoms with Gasteiger partial charge in [-0.3, -0.25) is 9.59 Å². The lowest BCUT2D eigenvalue weighted by Gasteiger charge is -2.14. The van der Waals surface area contributed by atoms with E-state index < -0.39 is 22.8 Å². The zero-order chi connectivity index (χ0) is 21.0. The summed E-state index contributed by atoms with van der Waals surface area (Å²) in [5.41, 5.74) is -0.477. The lowest BCUT2D eigenvalue weighted by Crippen LogP contribution is -2.26. The van der Waals surface area contributed by atoms with Gasteiger partial charge >= 0.3 is 0 Å². The summed E-state index contributed by atoms with van der Waals surface area (Å²) in [5.74, 6) is -0.360. The molecule has 0 fully saturated rings. The molecule has 8 nitrogen and oxygen atoms in total. The number of amides is 1. The minimum absolute atomic E-state index is 0.0520. The van der Waals surface area contributed by atoms with Crippen molar-refractivity contribution in [3.63, 3.8) is 0 Å². The highest BCUT2D eigenvalue weighted by Gasteiger charge is 2.19. The summed E-state index contributed by atoms with van der Waals surface area (Å²) in [5, 5.41) is 6.66. The van der Waals surface area contributed by atoms with E-state index in [1.807, 2.05) is 0 Å². The number of ether oxygens (including phenoxy) is 3. The third-order valence-corrected chi connectivity index (χ3v) is 4.03. The number of benzene rings is 2. The van der Waals surface area contributed by atoms with Crippen LogP contribution in [-0.2, 0) is 0 Å². The van der Waals surface area contributed by atoms with E-state index in [1.165, 1.54) is 44.2 Å². The Morgan fingerprint density at radius 2 is 1.83 bits per heavy atom. The molecule has 2 aromatic carbocycles. The Kier molecular flexibility index (Phi) is 5.77. The van der Waals surface area contributed by atoms with Crippen LogP contribution in [0.3, 0.4) is 0 Å². The van der Waals surface area contributed by atoms with Gasteiger partial charge in [0.15, 0.2) is 5.69 Å². The monoisotopic (exact) mass is 399 g/mol. The predicted octanol–water partition coefficient (Wildman–Crippen LogP) is 2.65. The fourth-order valence-corrected chi connectivity index (χ4v) is 2.63. The number of hydrogen-bond acceptors (Lipinski definition) is 6. The maximum atomic E-state index is 13.6. The normalized spacial score (nSPS) is 10.3. The molecule has 0 saturated carbocycles. The molecule has 0 unspecified atom stereocenters. The fourth-order valence-electron chi connectivity index (χ4n) is 2.63. The number of methoxy groups -OCH3 is 3. The molecule has 0 aliphatic heterocycles. The number of nitrogens with one attached hydrogen (secondary N) is 1. The van der Waals surface area contributed by atoms with Gasteiger partial charge in [-0.1, -0.05) is 6.07 Å². The van der Waals surface area contributed by atoms with E-state index in [-0.39, 0.29) is 11.6 Å². The van der Waals surface area contributed by atoms with E-state index in [9.17, 15) is 14.0 Å². The molecule has 150 valence electrons. The average molecular weight is 399 g/mol. The van der Waals surface area contributed by atoms with Crippen LogP contribution in [0.1, 0.15) is 10.5 Å². The molecule has 9 heteroatoms. The van der Waals surface area contributed by atoms with E-state index in [2.05, 4.69) is 10.4 Å². The first-order valence-electron chi connectivity index (χ1n) is 8.44. The van der Waals surface area contributed by atoms with E-state index in [0.29, 0.717) is 17.2 Å². The standard InChI is InChI=1S/C20H18FN3O5/c1-27-14-7-8-17(28-2)15(10-14)22-20(26)19-16(25)11-18(29-3)24(23-19)13-6-4-5-12(21)9-13/h4-11H,1-3H3,(H,22,26). The van der Waals surface area contributed by atoms with Gasteiger partial charge in [-0.25, -0.2) is 9.07 Å². The molecule has 0 atom stereocenters. The molecule has 3 aromatic rings. The minimum atomic E-state index is -0.769. The summed E-state index contributed by atoms with van der Waals surface area (Å²) in [6.07, 6.45) is 0. The van der Waals surface area contributed by atoms with Gasteiger partial charge in [0, 0.05) is 6.07 Å². The molecule has 1 heterocycles. The van der Waals surface area contributed by atoms with Crippen molar-refractivity contribution in [1.82, 2.24) is 9.78 Å². The van der Waals surface area contributed by atoms with Crippen molar-refractivity contribution in [2.24, 2.45) is 0 Å². The maximum absolute atomic E-state index is 13.6. The molecule has 3 rings (SSSR count). The molecule has 0 aliphatic rings. The number of carbonyl (C=O) groups excluding carboxylic acids is 1. The SMILES string of the molecule is COc1ccc(OC)c(NC(=O)c2nn(-c3cccc(F)c3)c(OC)cc2=O)c1. The molecule has 1 N–H and O–H groups in total. The van der Waals surface area contributed by atoms with Crippen molar-refractivity contribution < 1.29 is 23.4 Å². The highest BCUT2D eigenvalue weighted by molar-refractivity contribution is 6.03. The number of aromatic nitrogens is 2. The summed E-state index contributed by atoms with van der Waals surface area (Å²) < 4.78 is 30.3. The second-order valence-electron chi connectivity index (χ2n) is 5.81. The zero-order valence-corrected chi connectivity index (χ0v) is 15.9. The van der Waals surface area contributed by atoms with Crippen LogP contribution < -0.4 is 25.0 Å². The van der Waals surface area contributed by atoms with Crippen LogP contribution in [0, 0.1) is 5.82 Å². The molecular weight excluding hydrogens is 381 g/mol. The Morgan fingerprint density at radius 1 is 1.03 bits per heavy atom. The Bertz CT molecular complexity index is 1110. The topological polar surface area (TPSA) is 91.7 Å². The summed E-state index contributed by atoms with van der Waals surface area (Å²) in [6.45, 7) is 0. The number of nitrogens with zero attached hydrogens (tertiary/aromatic N) is 2. The first-order valence-corrected chi connectivity index (χ1v) is 8.44. The Labute approximate surface area is 165 Å². The molecule has 0 spiro atoms. The van der Waals surface area contributed by atoms with Crippen molar-refractivity contribution in [1.29, 1.82) is 0 Å². The fraction of sp³-hybridized carbons (Fsp3) is 0.150. The van der Waals surface area contributed by atoms with Crippen LogP contribution in [0.4, 0.5) is 10.1 Å². The van der Waals surface area contributed by atoms with Crippen LogP contribution in [0.2, 0.25) is 0 Å². The Hall–Kier alpha value is -3.88. The number of carbonyl (C=O) groups is 1. The van der Waals surface area contributed by atoms with Crippen LogP contribution >= 0.6 is 0 Å². The Balaban J connectivity index is 2.04. The summed E-state index contributed by atoms with van der Waals surface area (Å²) in [7, 11) is 4.27. The second kappa shape index (κ2) is 8.42. The Morgan fingerprint density at radius 3 is 2.48 bits per heavy atom. The van der Waals surface area contributed by atoms with E-state index in [4.69, 9.17) is 14.2 Å². The van der Waals surface area contributed by atoms with Gasteiger partial charge < -0.3 is 19.5 Å². The van der Waals surface area contributed by atoms with Gasteiger partial charge in [0.2, 0.25) is 11.3 Å². The lowest BCUT2D eigenvalue weighted by molar-refractivity contribution is 0.101. The van der Waals surface area contributed by atoms with Gasteiger partial charge in [0.1, 0.15) is 17.3 Å². The van der Waals surface area contributed by atoms with Gasteiger partial charge in [0.25, 0.3) is 5.91 Å². The molecule has 0 bridgehead atoms. The molecular formula is C20H18FN3O5. The highest BCUT2D eigenvalue weighted by atomic mass is 19.1. The first kappa shape index (κ1) is 19.9. The van der Waals surface area contributed by atoms with Crippen molar-refractivity contribution in [2.75, 3.05) is 26.6 Å². The minimum Gasteiger partial charge on any atom is -0.497 e. The lowest BCUT2D eigenvalue weighted by atomic mass is 10.2. The van der Waals surface area contributed by atoms with Gasteiger partial charge in [0.05, 0.1) is 38.8 Å². The quantitative estimate of drug-likeness (QED) is 0.685. The van der Waals surface area contributed by atoms with Crippen molar-refractivity contribution in [3.8, 4) is 23.1 Å². The van der Waals surface area contributed by atoms with Crippen LogP contribution in [0.25, 0.3) is 5.69 Å². The van der Waals surface area contributed by atoms with Gasteiger partial charge in [-0.15, -0.1) is 0 Å². The number of halogens is 1. The maximum Gasteiger partial charge on any atom is 0.280 e. The second-order valence-corrected chi connectivity index (χ2v) is 5.81. The predicted molar refractivity (Wildman–Crippen MR) is 104 cm³/mol. The van der Waals surface area contributed by atoms with Crippen LogP contribution in [0.15, 0.2) is 53.3 Å². The van der Waals surface area contributed by atoms with E-state index in [1.54, 1.807) is 24.3 Å². The van der Waals surface area contributed by atoms with E-state index >= 15 is 0 Å². The smallest absolute Gasteiger partial charge is 0.280 e. The third kappa shape index (κ3) is 4.18. The summed E-state index contributed by atoms with van der Waals surface area (Å²) >= 11 is 0. The summed E-state index contributed by atoms with van der Waals surface area (Å²) in [4.78, 5) is 25.2. The number of hydrogen-bond donors (Lipinski definition) is 1. The van der Waals surface area contributed by atoms with Crippen LogP contribution in [-0.4, -0.2) is 37.0 Å². The largest absolute Gasteiger partial charge is 0.497 e. The first-order chi connectivity index (χ1) is 14.0. The number of anilines is 1. The summed E-state index contributed by atoms with van der Waals surface area (Å²) in [6, 6.07) is 11.4. The van der Waals surface area contributed by atoms with Crippen molar-refractivity contribution >= 4 is 11.6 Å². The number of rotatable bonds is 6. The zero-order valence-electron chi connectivity index (χ0n) is 15.9. The molecule has 0 aliphatic carbocycles. The van der Waals surface area contributed by atoms with E-state index in [0.717, 1.165) is 6.07 Å². The molecule has 0 radical (unpaired) electrons. The third-order valence-electron chi connectivity index (χ3n) is 4.03. The average Bonchev–Trinajstić information content (AvgIpc) is 2.73. The highest BCUT2D eigenvalue weighted by Crippen LogP contribution is 2.29. The van der Waals surface area contributed by atoms with Gasteiger partial charge in [-0.05, 0) is 30.3 Å². The van der Waals surface area contributed by atoms with Gasteiger partial charge in [-0.2, -0.15) is 5.10 Å².